The van der Waals surface area contributed by atoms with E-state index in [2.05, 4.69) is 39.8 Å². The molecular weight excluding hydrogens is 495 g/mol. The molecule has 0 saturated carbocycles. The van der Waals surface area contributed by atoms with Crippen LogP contribution in [0.2, 0.25) is 0 Å². The zero-order chi connectivity index (χ0) is 27.7. The van der Waals surface area contributed by atoms with Crippen molar-refractivity contribution in [3.8, 4) is 28.8 Å². The first-order chi connectivity index (χ1) is 18.7. The fraction of sp³-hybridized carbons (Fsp3) is 0.290. The Kier molecular flexibility index (Phi) is 6.92. The Hall–Kier alpha value is -4.51. The second-order valence-electron chi connectivity index (χ2n) is 10.6. The molecule has 0 unspecified atom stereocenters. The van der Waals surface area contributed by atoms with Gasteiger partial charge in [0.05, 0.1) is 30.0 Å². The number of aromatic nitrogens is 1. The number of fused-ring (bicyclic) bond motifs is 1. The highest BCUT2D eigenvalue weighted by molar-refractivity contribution is 5.91. The minimum Gasteiger partial charge on any atom is -0.494 e. The predicted molar refractivity (Wildman–Crippen MR) is 150 cm³/mol. The van der Waals surface area contributed by atoms with E-state index < -0.39 is 11.4 Å². The van der Waals surface area contributed by atoms with Crippen LogP contribution in [0.1, 0.15) is 26.3 Å². The number of ether oxygens (including phenoxy) is 2. The van der Waals surface area contributed by atoms with E-state index in [4.69, 9.17) is 9.47 Å². The summed E-state index contributed by atoms with van der Waals surface area (Å²) in [5.41, 5.74) is 4.46. The maximum Gasteiger partial charge on any atom is 0.410 e. The van der Waals surface area contributed by atoms with Crippen molar-refractivity contribution in [2.24, 2.45) is 0 Å². The smallest absolute Gasteiger partial charge is 0.410 e. The molecule has 1 saturated heterocycles. The van der Waals surface area contributed by atoms with Crippen LogP contribution in [-0.2, 0) is 4.74 Å². The van der Waals surface area contributed by atoms with Gasteiger partial charge < -0.3 is 23.8 Å². The van der Waals surface area contributed by atoms with E-state index in [0.717, 1.165) is 28.0 Å². The quantitative estimate of drug-likeness (QED) is 0.309. The maximum atomic E-state index is 14.7. The Labute approximate surface area is 227 Å². The molecular formula is C31H31FN4O3. The number of carbonyl (C=O) groups is 1. The van der Waals surface area contributed by atoms with Crippen LogP contribution in [0, 0.1) is 17.1 Å². The number of hydrogen-bond donors (Lipinski definition) is 0. The summed E-state index contributed by atoms with van der Waals surface area (Å²) in [6.07, 6.45) is -0.284. The highest BCUT2D eigenvalue weighted by atomic mass is 19.1. The van der Waals surface area contributed by atoms with Crippen LogP contribution >= 0.6 is 0 Å². The second kappa shape index (κ2) is 10.3. The topological polar surface area (TPSA) is 70.7 Å². The monoisotopic (exact) mass is 526 g/mol. The molecule has 3 aromatic carbocycles. The molecule has 200 valence electrons. The fourth-order valence-corrected chi connectivity index (χ4v) is 4.87. The van der Waals surface area contributed by atoms with Gasteiger partial charge in [0.1, 0.15) is 5.60 Å². The first kappa shape index (κ1) is 26.1. The third-order valence-corrected chi connectivity index (χ3v) is 6.78. The Morgan fingerprint density at radius 1 is 0.923 bits per heavy atom. The number of benzene rings is 3. The minimum absolute atomic E-state index is 0.188. The molecule has 0 spiro atoms. The summed E-state index contributed by atoms with van der Waals surface area (Å²) in [6.45, 7) is 8.15. The largest absolute Gasteiger partial charge is 0.494 e. The lowest BCUT2D eigenvalue weighted by Crippen LogP contribution is -2.50. The summed E-state index contributed by atoms with van der Waals surface area (Å²) in [6, 6.07) is 22.8. The van der Waals surface area contributed by atoms with Crippen molar-refractivity contribution >= 4 is 22.7 Å². The van der Waals surface area contributed by atoms with Crippen molar-refractivity contribution in [2.75, 3.05) is 38.2 Å². The molecule has 1 amide bonds. The van der Waals surface area contributed by atoms with Gasteiger partial charge in [-0.15, -0.1) is 0 Å². The minimum atomic E-state index is -0.522. The highest BCUT2D eigenvalue weighted by Crippen LogP contribution is 2.35. The van der Waals surface area contributed by atoms with E-state index in [9.17, 15) is 14.4 Å². The van der Waals surface area contributed by atoms with E-state index in [0.29, 0.717) is 37.3 Å². The molecule has 1 aromatic heterocycles. The summed E-state index contributed by atoms with van der Waals surface area (Å²) in [5, 5.41) is 10.2. The van der Waals surface area contributed by atoms with Crippen LogP contribution < -0.4 is 9.64 Å². The van der Waals surface area contributed by atoms with Crippen molar-refractivity contribution in [3.05, 3.63) is 78.1 Å². The Morgan fingerprint density at radius 2 is 1.62 bits per heavy atom. The second-order valence-corrected chi connectivity index (χ2v) is 10.6. The van der Waals surface area contributed by atoms with E-state index in [1.165, 1.54) is 13.2 Å². The first-order valence-electron chi connectivity index (χ1n) is 12.9. The molecule has 2 heterocycles. The summed E-state index contributed by atoms with van der Waals surface area (Å²) < 4.78 is 27.4. The van der Waals surface area contributed by atoms with E-state index in [-0.39, 0.29) is 11.8 Å². The van der Waals surface area contributed by atoms with Crippen LogP contribution in [0.5, 0.6) is 5.75 Å². The number of nitriles is 1. The van der Waals surface area contributed by atoms with Gasteiger partial charge >= 0.3 is 6.09 Å². The molecule has 5 rings (SSSR count). The number of nitrogens with zero attached hydrogens (tertiary/aromatic N) is 4. The van der Waals surface area contributed by atoms with Crippen LogP contribution in [0.15, 0.2) is 66.7 Å². The predicted octanol–water partition coefficient (Wildman–Crippen LogP) is 6.37. The first-order valence-corrected chi connectivity index (χ1v) is 12.9. The zero-order valence-electron chi connectivity index (χ0n) is 22.6. The normalized spacial score (nSPS) is 13.8. The lowest BCUT2D eigenvalue weighted by molar-refractivity contribution is 0.0240. The van der Waals surface area contributed by atoms with Gasteiger partial charge in [-0.05, 0) is 87.5 Å². The third-order valence-electron chi connectivity index (χ3n) is 6.78. The van der Waals surface area contributed by atoms with Crippen LogP contribution in [0.25, 0.3) is 27.8 Å². The molecule has 1 aliphatic heterocycles. The van der Waals surface area contributed by atoms with E-state index >= 15 is 0 Å². The molecule has 39 heavy (non-hydrogen) atoms. The van der Waals surface area contributed by atoms with Gasteiger partial charge in [0, 0.05) is 48.5 Å². The summed E-state index contributed by atoms with van der Waals surface area (Å²) in [7, 11) is 1.45. The zero-order valence-corrected chi connectivity index (χ0v) is 22.6. The number of piperazine rings is 1. The number of rotatable bonds is 4. The summed E-state index contributed by atoms with van der Waals surface area (Å²) in [5.74, 6) is -0.247. The number of amides is 1. The van der Waals surface area contributed by atoms with Gasteiger partial charge in [-0.3, -0.25) is 0 Å². The van der Waals surface area contributed by atoms with Crippen molar-refractivity contribution in [2.45, 2.75) is 26.4 Å². The third kappa shape index (κ3) is 5.39. The molecule has 0 radical (unpaired) electrons. The lowest BCUT2D eigenvalue weighted by Gasteiger charge is -2.36. The molecule has 0 aliphatic carbocycles. The lowest BCUT2D eigenvalue weighted by atomic mass is 10.1. The molecule has 0 bridgehead atoms. The van der Waals surface area contributed by atoms with Gasteiger partial charge in [0.15, 0.2) is 11.6 Å². The molecule has 4 aromatic rings. The van der Waals surface area contributed by atoms with Gasteiger partial charge in [-0.2, -0.15) is 5.26 Å². The van der Waals surface area contributed by atoms with Crippen molar-refractivity contribution in [3.63, 3.8) is 0 Å². The Bertz CT molecular complexity index is 1560. The van der Waals surface area contributed by atoms with Crippen LogP contribution in [0.4, 0.5) is 14.9 Å². The van der Waals surface area contributed by atoms with E-state index in [1.54, 1.807) is 23.1 Å². The van der Waals surface area contributed by atoms with Gasteiger partial charge in [-0.1, -0.05) is 0 Å². The van der Waals surface area contributed by atoms with Crippen LogP contribution in [0.3, 0.4) is 0 Å². The summed E-state index contributed by atoms with van der Waals surface area (Å²) >= 11 is 0. The number of carbonyl (C=O) groups excluding carboxylic acids is 1. The molecule has 1 aliphatic rings. The van der Waals surface area contributed by atoms with Gasteiger partial charge in [0.25, 0.3) is 0 Å². The Balaban J connectivity index is 1.49. The molecule has 1 fully saturated rings. The standard InChI is InChI=1S/C31H31FN4O3/c1-31(2,3)39-30(37)35-15-13-34(14-16-35)25-10-11-27-23(17-25)19-28(22-7-12-29(38-4)26(32)18-22)36(27)24-8-5-21(20-33)6-9-24/h5-12,17-19H,13-16H2,1-4H3. The maximum absolute atomic E-state index is 14.7. The Morgan fingerprint density at radius 3 is 2.23 bits per heavy atom. The van der Waals surface area contributed by atoms with Gasteiger partial charge in [-0.25, -0.2) is 9.18 Å². The molecule has 0 N–H and O–H groups in total. The van der Waals surface area contributed by atoms with Crippen molar-refractivity contribution in [1.29, 1.82) is 5.26 Å². The fourth-order valence-electron chi connectivity index (χ4n) is 4.87. The summed E-state index contributed by atoms with van der Waals surface area (Å²) in [4.78, 5) is 16.5. The highest BCUT2D eigenvalue weighted by Gasteiger charge is 2.26. The molecule has 7 nitrogen and oxygen atoms in total. The SMILES string of the molecule is COc1ccc(-c2cc3cc(N4CCN(C(=O)OC(C)(C)C)CC4)ccc3n2-c2ccc(C#N)cc2)cc1F. The molecule has 8 heteroatoms. The molecule has 0 atom stereocenters. The van der Waals surface area contributed by atoms with E-state index in [1.807, 2.05) is 39.0 Å². The van der Waals surface area contributed by atoms with Gasteiger partial charge in [0.2, 0.25) is 0 Å². The number of methoxy groups -OCH3 is 1. The number of anilines is 1. The average Bonchev–Trinajstić information content (AvgIpc) is 3.31. The van der Waals surface area contributed by atoms with Crippen molar-refractivity contribution in [1.82, 2.24) is 9.47 Å². The number of hydrogen-bond acceptors (Lipinski definition) is 5. The van der Waals surface area contributed by atoms with Crippen molar-refractivity contribution < 1.29 is 18.7 Å². The van der Waals surface area contributed by atoms with Crippen LogP contribution in [-0.4, -0.2) is 54.5 Å². The average molecular weight is 527 g/mol. The number of halogens is 1.